The van der Waals surface area contributed by atoms with Gasteiger partial charge in [0, 0.05) is 0 Å². The van der Waals surface area contributed by atoms with Crippen LogP contribution >= 0.6 is 0 Å². The van der Waals surface area contributed by atoms with Crippen LogP contribution < -0.4 is 5.32 Å². The number of hydrogen-bond donors (Lipinski definition) is 1. The maximum absolute atomic E-state index is 12.2. The lowest BCUT2D eigenvalue weighted by Gasteiger charge is -2.32. The van der Waals surface area contributed by atoms with Crippen molar-refractivity contribution in [1.29, 1.82) is 0 Å². The fourth-order valence-electron chi connectivity index (χ4n) is 2.39. The summed E-state index contributed by atoms with van der Waals surface area (Å²) in [6, 6.07) is 9.01. The number of fused-ring (bicyclic) bond motifs is 1. The summed E-state index contributed by atoms with van der Waals surface area (Å²) < 4.78 is 5.25. The highest BCUT2D eigenvalue weighted by Gasteiger charge is 2.44. The van der Waals surface area contributed by atoms with Crippen LogP contribution in [0.3, 0.4) is 0 Å². The van der Waals surface area contributed by atoms with E-state index in [0.29, 0.717) is 19.8 Å². The van der Waals surface area contributed by atoms with Gasteiger partial charge in [-0.2, -0.15) is 0 Å². The third kappa shape index (κ3) is 1.86. The summed E-state index contributed by atoms with van der Waals surface area (Å²) in [5.41, 5.74) is 0.943. The molecule has 94 valence electrons. The van der Waals surface area contributed by atoms with Crippen LogP contribution in [0.15, 0.2) is 30.3 Å². The van der Waals surface area contributed by atoms with E-state index in [9.17, 15) is 9.59 Å². The van der Waals surface area contributed by atoms with E-state index in [-0.39, 0.29) is 23.9 Å². The van der Waals surface area contributed by atoms with E-state index in [0.717, 1.165) is 5.56 Å². The molecular weight excluding hydrogens is 232 g/mol. The Balaban J connectivity index is 1.79. The van der Waals surface area contributed by atoms with Crippen molar-refractivity contribution in [3.63, 3.8) is 0 Å². The molecule has 0 spiro atoms. The molecule has 1 aromatic rings. The molecule has 5 heteroatoms. The van der Waals surface area contributed by atoms with Gasteiger partial charge in [-0.25, -0.2) is 4.79 Å². The molecule has 2 heterocycles. The lowest BCUT2D eigenvalue weighted by atomic mass is 9.99. The maximum Gasteiger partial charge on any atom is 0.324 e. The third-order valence-electron chi connectivity index (χ3n) is 3.40. The van der Waals surface area contributed by atoms with Crippen molar-refractivity contribution in [2.75, 3.05) is 13.2 Å². The monoisotopic (exact) mass is 246 g/mol. The van der Waals surface area contributed by atoms with Crippen LogP contribution in [-0.4, -0.2) is 36.1 Å². The molecular formula is C13H14N2O3. The van der Waals surface area contributed by atoms with Crippen molar-refractivity contribution >= 4 is 11.9 Å². The largest absolute Gasteiger partial charge is 0.378 e. The normalized spacial score (nSPS) is 27.0. The van der Waals surface area contributed by atoms with Gasteiger partial charge in [-0.1, -0.05) is 30.3 Å². The second kappa shape index (κ2) is 4.42. The molecule has 2 atom stereocenters. The van der Waals surface area contributed by atoms with Crippen LogP contribution in [0.5, 0.6) is 0 Å². The fourth-order valence-corrected chi connectivity index (χ4v) is 2.39. The van der Waals surface area contributed by atoms with Crippen molar-refractivity contribution in [3.05, 3.63) is 35.9 Å². The number of hydrogen-bond acceptors (Lipinski definition) is 3. The topological polar surface area (TPSA) is 58.6 Å². The Kier molecular flexibility index (Phi) is 2.76. The molecule has 0 aromatic heterocycles. The lowest BCUT2D eigenvalue weighted by molar-refractivity contribution is -0.135. The molecule has 0 aliphatic carbocycles. The second-order valence-corrected chi connectivity index (χ2v) is 4.61. The number of rotatable bonds is 2. The summed E-state index contributed by atoms with van der Waals surface area (Å²) in [4.78, 5) is 25.4. The van der Waals surface area contributed by atoms with Crippen LogP contribution in [0.2, 0.25) is 0 Å². The second-order valence-electron chi connectivity index (χ2n) is 4.61. The highest BCUT2D eigenvalue weighted by molar-refractivity contribution is 5.98. The number of carbonyl (C=O) groups excluding carboxylic acids is 2. The minimum absolute atomic E-state index is 0.134. The van der Waals surface area contributed by atoms with Crippen molar-refractivity contribution in [1.82, 2.24) is 10.2 Å². The average Bonchev–Trinajstić information content (AvgIpc) is 2.84. The molecule has 1 aromatic carbocycles. The van der Waals surface area contributed by atoms with Crippen LogP contribution in [-0.2, 0) is 16.1 Å². The number of imide groups is 1. The van der Waals surface area contributed by atoms with Gasteiger partial charge in [-0.15, -0.1) is 0 Å². The Bertz CT molecular complexity index is 474. The van der Waals surface area contributed by atoms with E-state index in [1.807, 2.05) is 30.3 Å². The minimum atomic E-state index is -0.324. The number of urea groups is 1. The Morgan fingerprint density at radius 3 is 2.78 bits per heavy atom. The molecule has 2 unspecified atom stereocenters. The smallest absolute Gasteiger partial charge is 0.324 e. The molecule has 1 N–H and O–H groups in total. The summed E-state index contributed by atoms with van der Waals surface area (Å²) in [5, 5.41) is 2.82. The highest BCUT2D eigenvalue weighted by Crippen LogP contribution is 2.22. The van der Waals surface area contributed by atoms with Gasteiger partial charge in [-0.05, 0) is 5.56 Å². The Labute approximate surface area is 105 Å². The summed E-state index contributed by atoms with van der Waals surface area (Å²) in [7, 11) is 0. The van der Waals surface area contributed by atoms with E-state index >= 15 is 0 Å². The quantitative estimate of drug-likeness (QED) is 0.838. The summed E-state index contributed by atoms with van der Waals surface area (Å²) in [6.45, 7) is 1.14. The van der Waals surface area contributed by atoms with Crippen molar-refractivity contribution < 1.29 is 14.3 Å². The number of nitrogens with zero attached hydrogens (tertiary/aromatic N) is 1. The first-order valence-corrected chi connectivity index (χ1v) is 5.99. The highest BCUT2D eigenvalue weighted by atomic mass is 16.5. The number of ether oxygens (including phenoxy) is 1. The molecule has 2 aliphatic rings. The summed E-state index contributed by atoms with van der Waals surface area (Å²) >= 11 is 0. The maximum atomic E-state index is 12.2. The fraction of sp³-hybridized carbons (Fsp3) is 0.385. The molecule has 3 amide bonds. The van der Waals surface area contributed by atoms with E-state index in [4.69, 9.17) is 4.74 Å². The zero-order valence-corrected chi connectivity index (χ0v) is 9.83. The molecule has 2 fully saturated rings. The Hall–Kier alpha value is -1.88. The van der Waals surface area contributed by atoms with Crippen LogP contribution in [0.1, 0.15) is 5.56 Å². The Morgan fingerprint density at radius 1 is 1.22 bits per heavy atom. The predicted octanol–water partition coefficient (Wildman–Crippen LogP) is 0.753. The SMILES string of the molecule is O=C1NC2COCC2C(=O)N1Cc1ccccc1. The van der Waals surface area contributed by atoms with E-state index in [2.05, 4.69) is 5.32 Å². The van der Waals surface area contributed by atoms with Crippen LogP contribution in [0, 0.1) is 5.92 Å². The standard InChI is InChI=1S/C13H14N2O3/c16-12-10-7-18-8-11(10)14-13(17)15(12)6-9-4-2-1-3-5-9/h1-5,10-11H,6-8H2,(H,14,17). The van der Waals surface area contributed by atoms with Gasteiger partial charge in [0.1, 0.15) is 0 Å². The van der Waals surface area contributed by atoms with Gasteiger partial charge >= 0.3 is 6.03 Å². The molecule has 3 rings (SSSR count). The van der Waals surface area contributed by atoms with Crippen LogP contribution in [0.25, 0.3) is 0 Å². The molecule has 0 radical (unpaired) electrons. The van der Waals surface area contributed by atoms with Gasteiger partial charge < -0.3 is 10.1 Å². The first-order chi connectivity index (χ1) is 8.75. The first-order valence-electron chi connectivity index (χ1n) is 5.99. The van der Waals surface area contributed by atoms with Crippen molar-refractivity contribution in [3.8, 4) is 0 Å². The number of benzene rings is 1. The number of carbonyl (C=O) groups is 2. The number of amides is 3. The summed E-state index contributed by atoms with van der Waals surface area (Å²) in [5.74, 6) is -0.364. The van der Waals surface area contributed by atoms with Gasteiger partial charge in [-0.3, -0.25) is 9.69 Å². The van der Waals surface area contributed by atoms with Gasteiger partial charge in [0.2, 0.25) is 5.91 Å². The van der Waals surface area contributed by atoms with Crippen LogP contribution in [0.4, 0.5) is 4.79 Å². The molecule has 5 nitrogen and oxygen atoms in total. The Morgan fingerprint density at radius 2 is 2.00 bits per heavy atom. The van der Waals surface area contributed by atoms with Gasteiger partial charge in [0.25, 0.3) is 0 Å². The minimum Gasteiger partial charge on any atom is -0.378 e. The van der Waals surface area contributed by atoms with E-state index < -0.39 is 0 Å². The van der Waals surface area contributed by atoms with E-state index in [1.54, 1.807) is 0 Å². The predicted molar refractivity (Wildman–Crippen MR) is 63.6 cm³/mol. The zero-order chi connectivity index (χ0) is 12.5. The zero-order valence-electron chi connectivity index (χ0n) is 9.83. The van der Waals surface area contributed by atoms with Crippen molar-refractivity contribution in [2.45, 2.75) is 12.6 Å². The molecule has 18 heavy (non-hydrogen) atoms. The lowest BCUT2D eigenvalue weighted by Crippen LogP contribution is -2.59. The molecule has 0 bridgehead atoms. The first kappa shape index (κ1) is 11.2. The van der Waals surface area contributed by atoms with E-state index in [1.165, 1.54) is 4.90 Å². The molecule has 0 saturated carbocycles. The molecule has 2 saturated heterocycles. The molecule has 2 aliphatic heterocycles. The summed E-state index contributed by atoms with van der Waals surface area (Å²) in [6.07, 6.45) is 0. The average molecular weight is 246 g/mol. The van der Waals surface area contributed by atoms with Gasteiger partial charge in [0.15, 0.2) is 0 Å². The number of nitrogens with one attached hydrogen (secondary N) is 1. The van der Waals surface area contributed by atoms with Crippen molar-refractivity contribution in [2.24, 2.45) is 5.92 Å². The third-order valence-corrected chi connectivity index (χ3v) is 3.40. The van der Waals surface area contributed by atoms with Gasteiger partial charge in [0.05, 0.1) is 31.7 Å².